The zero-order valence-corrected chi connectivity index (χ0v) is 23.8. The van der Waals surface area contributed by atoms with E-state index in [1.807, 2.05) is 43.3 Å². The summed E-state index contributed by atoms with van der Waals surface area (Å²) in [5, 5.41) is 6.49. The summed E-state index contributed by atoms with van der Waals surface area (Å²) in [5.74, 6) is 1.11. The summed E-state index contributed by atoms with van der Waals surface area (Å²) in [6.07, 6.45) is 1.99. The average Bonchev–Trinajstić information content (AvgIpc) is 2.96. The maximum atomic E-state index is 13.6. The molecule has 1 saturated heterocycles. The minimum Gasteiger partial charge on any atom is -0.457 e. The molecule has 0 aromatic heterocycles. The summed E-state index contributed by atoms with van der Waals surface area (Å²) in [6.45, 7) is 3.87. The summed E-state index contributed by atoms with van der Waals surface area (Å²) >= 11 is 0. The zero-order valence-electron chi connectivity index (χ0n) is 23.0. The SMILES string of the molecule is COCCCC1(CNC(=O)[C@@H]2CNC[C@H](NS(=O)(=O)c3ccc(C)cc3)C2)c2ccccc2Oc2ccccc21. The second-order valence-electron chi connectivity index (χ2n) is 10.7. The highest BCUT2D eigenvalue weighted by atomic mass is 32.2. The van der Waals surface area contributed by atoms with Crippen LogP contribution < -0.4 is 20.1 Å². The number of hydrogen-bond donors (Lipinski definition) is 3. The van der Waals surface area contributed by atoms with Crippen LogP contribution in [0.15, 0.2) is 77.7 Å². The molecule has 3 N–H and O–H groups in total. The van der Waals surface area contributed by atoms with Crippen molar-refractivity contribution in [3.63, 3.8) is 0 Å². The van der Waals surface area contributed by atoms with Crippen LogP contribution in [-0.4, -0.2) is 53.7 Å². The highest BCUT2D eigenvalue weighted by molar-refractivity contribution is 7.89. The molecule has 2 aliphatic heterocycles. The molecule has 3 aromatic carbocycles. The van der Waals surface area contributed by atoms with Gasteiger partial charge >= 0.3 is 0 Å². The Morgan fingerprint density at radius 2 is 1.65 bits per heavy atom. The average molecular weight is 564 g/mol. The van der Waals surface area contributed by atoms with Crippen LogP contribution in [-0.2, 0) is 25.0 Å². The van der Waals surface area contributed by atoms with E-state index in [9.17, 15) is 13.2 Å². The molecular formula is C31H37N3O5S. The van der Waals surface area contributed by atoms with Crippen molar-refractivity contribution in [3.8, 4) is 11.5 Å². The van der Waals surface area contributed by atoms with Gasteiger partial charge in [-0.25, -0.2) is 13.1 Å². The van der Waals surface area contributed by atoms with Crippen molar-refractivity contribution >= 4 is 15.9 Å². The summed E-state index contributed by atoms with van der Waals surface area (Å²) < 4.78 is 40.3. The third-order valence-electron chi connectivity index (χ3n) is 7.92. The number of nitrogens with one attached hydrogen (secondary N) is 3. The van der Waals surface area contributed by atoms with Crippen molar-refractivity contribution in [2.24, 2.45) is 5.92 Å². The third-order valence-corrected chi connectivity index (χ3v) is 9.45. The topological polar surface area (TPSA) is 106 Å². The van der Waals surface area contributed by atoms with Gasteiger partial charge in [0, 0.05) is 55.9 Å². The lowest BCUT2D eigenvalue weighted by Gasteiger charge is -2.41. The Morgan fingerprint density at radius 1 is 1.00 bits per heavy atom. The molecule has 1 amide bonds. The molecule has 8 nitrogen and oxygen atoms in total. The molecule has 0 bridgehead atoms. The maximum Gasteiger partial charge on any atom is 0.240 e. The zero-order chi connectivity index (χ0) is 28.2. The molecule has 2 heterocycles. The van der Waals surface area contributed by atoms with Crippen LogP contribution >= 0.6 is 0 Å². The van der Waals surface area contributed by atoms with Crippen LogP contribution in [0.4, 0.5) is 0 Å². The first kappa shape index (κ1) is 28.3. The van der Waals surface area contributed by atoms with Crippen molar-refractivity contribution in [3.05, 3.63) is 89.5 Å². The molecule has 212 valence electrons. The number of para-hydroxylation sites is 2. The lowest BCUT2D eigenvalue weighted by atomic mass is 9.69. The first-order chi connectivity index (χ1) is 19.3. The molecule has 0 unspecified atom stereocenters. The van der Waals surface area contributed by atoms with Gasteiger partial charge in [-0.15, -0.1) is 0 Å². The predicted molar refractivity (Wildman–Crippen MR) is 154 cm³/mol. The van der Waals surface area contributed by atoms with E-state index >= 15 is 0 Å². The second kappa shape index (κ2) is 12.1. The van der Waals surface area contributed by atoms with Gasteiger partial charge in [0.25, 0.3) is 0 Å². The van der Waals surface area contributed by atoms with Gasteiger partial charge in [0.15, 0.2) is 0 Å². The maximum absolute atomic E-state index is 13.6. The molecule has 1 fully saturated rings. The lowest BCUT2D eigenvalue weighted by Crippen LogP contribution is -2.53. The van der Waals surface area contributed by atoms with E-state index in [0.717, 1.165) is 41.0 Å². The first-order valence-corrected chi connectivity index (χ1v) is 15.2. The van der Waals surface area contributed by atoms with Crippen LogP contribution in [0.3, 0.4) is 0 Å². The quantitative estimate of drug-likeness (QED) is 0.323. The standard InChI is InChI=1S/C31H37N3O5S/c1-22-12-14-25(15-13-22)40(36,37)34-24-18-23(19-32-20-24)30(35)33-21-31(16-7-17-38-2)26-8-3-5-10-28(26)39-29-11-6-4-9-27(29)31/h3-6,8-15,23-24,32,34H,7,16-21H2,1-2H3,(H,33,35)/t23-,24+/m0/s1. The molecule has 3 aromatic rings. The number of rotatable bonds is 10. The van der Waals surface area contributed by atoms with Gasteiger partial charge in [0.1, 0.15) is 11.5 Å². The molecule has 5 rings (SSSR count). The predicted octanol–water partition coefficient (Wildman–Crippen LogP) is 3.89. The molecule has 2 atom stereocenters. The Bertz CT molecular complexity index is 1400. The van der Waals surface area contributed by atoms with Crippen LogP contribution in [0, 0.1) is 12.8 Å². The number of aryl methyl sites for hydroxylation is 1. The minimum atomic E-state index is -3.69. The minimum absolute atomic E-state index is 0.0979. The fourth-order valence-electron chi connectivity index (χ4n) is 5.85. The molecule has 0 spiro atoms. The van der Waals surface area contributed by atoms with Crippen LogP contribution in [0.5, 0.6) is 11.5 Å². The number of methoxy groups -OCH3 is 1. The van der Waals surface area contributed by atoms with E-state index in [4.69, 9.17) is 9.47 Å². The Morgan fingerprint density at radius 3 is 2.30 bits per heavy atom. The molecule has 0 saturated carbocycles. The first-order valence-electron chi connectivity index (χ1n) is 13.8. The smallest absolute Gasteiger partial charge is 0.240 e. The number of piperidine rings is 1. The van der Waals surface area contributed by atoms with Crippen molar-refractivity contribution in [1.29, 1.82) is 0 Å². The molecule has 2 aliphatic rings. The number of carbonyl (C=O) groups excluding carboxylic acids is 1. The Kier molecular flexibility index (Phi) is 8.56. The molecule has 9 heteroatoms. The fourth-order valence-corrected chi connectivity index (χ4v) is 7.10. The number of ether oxygens (including phenoxy) is 2. The summed E-state index contributed by atoms with van der Waals surface area (Å²) in [4.78, 5) is 13.8. The third kappa shape index (κ3) is 5.93. The lowest BCUT2D eigenvalue weighted by molar-refractivity contribution is -0.125. The van der Waals surface area contributed by atoms with E-state index in [1.54, 1.807) is 31.4 Å². The second-order valence-corrected chi connectivity index (χ2v) is 12.4. The van der Waals surface area contributed by atoms with Gasteiger partial charge in [-0.3, -0.25) is 4.79 Å². The van der Waals surface area contributed by atoms with Crippen molar-refractivity contribution < 1.29 is 22.7 Å². The van der Waals surface area contributed by atoms with Gasteiger partial charge in [-0.2, -0.15) is 0 Å². The molecule has 0 aliphatic carbocycles. The van der Waals surface area contributed by atoms with E-state index in [1.165, 1.54) is 0 Å². The Labute approximate surface area is 236 Å². The fraction of sp³-hybridized carbons (Fsp3) is 0.387. The number of sulfonamides is 1. The van der Waals surface area contributed by atoms with E-state index in [2.05, 4.69) is 27.5 Å². The van der Waals surface area contributed by atoms with Crippen molar-refractivity contribution in [2.45, 2.75) is 42.5 Å². The highest BCUT2D eigenvalue weighted by Crippen LogP contribution is 2.50. The van der Waals surface area contributed by atoms with Crippen LogP contribution in [0.2, 0.25) is 0 Å². The Balaban J connectivity index is 1.33. The summed E-state index contributed by atoms with van der Waals surface area (Å²) in [6, 6.07) is 22.3. The van der Waals surface area contributed by atoms with Crippen LogP contribution in [0.25, 0.3) is 0 Å². The van der Waals surface area contributed by atoms with Crippen LogP contribution in [0.1, 0.15) is 36.0 Å². The summed E-state index contributed by atoms with van der Waals surface area (Å²) in [7, 11) is -2.00. The highest BCUT2D eigenvalue weighted by Gasteiger charge is 2.42. The molecule has 40 heavy (non-hydrogen) atoms. The Hall–Kier alpha value is -3.24. The number of hydrogen-bond acceptors (Lipinski definition) is 6. The van der Waals surface area contributed by atoms with Crippen molar-refractivity contribution in [1.82, 2.24) is 15.4 Å². The van der Waals surface area contributed by atoms with Gasteiger partial charge in [-0.1, -0.05) is 54.1 Å². The van der Waals surface area contributed by atoms with Gasteiger partial charge in [0.05, 0.1) is 10.8 Å². The largest absolute Gasteiger partial charge is 0.457 e. The number of benzene rings is 3. The van der Waals surface area contributed by atoms with Crippen molar-refractivity contribution in [2.75, 3.05) is 33.4 Å². The monoisotopic (exact) mass is 563 g/mol. The number of fused-ring (bicyclic) bond motifs is 2. The van der Waals surface area contributed by atoms with Gasteiger partial charge < -0.3 is 20.1 Å². The van der Waals surface area contributed by atoms with Gasteiger partial charge in [0.2, 0.25) is 15.9 Å². The number of amides is 1. The molecule has 0 radical (unpaired) electrons. The molecular weight excluding hydrogens is 526 g/mol. The number of carbonyl (C=O) groups is 1. The van der Waals surface area contributed by atoms with Gasteiger partial charge in [-0.05, 0) is 50.5 Å². The van der Waals surface area contributed by atoms with E-state index < -0.39 is 21.5 Å². The summed E-state index contributed by atoms with van der Waals surface area (Å²) in [5.41, 5.74) is 2.57. The van der Waals surface area contributed by atoms with E-state index in [0.29, 0.717) is 32.7 Å². The normalized spacial score (nSPS) is 19.6. The van der Waals surface area contributed by atoms with E-state index in [-0.39, 0.29) is 16.7 Å².